The van der Waals surface area contributed by atoms with Gasteiger partial charge < -0.3 is 5.32 Å². The van der Waals surface area contributed by atoms with Crippen molar-refractivity contribution >= 4 is 28.7 Å². The molecule has 0 aliphatic heterocycles. The van der Waals surface area contributed by atoms with E-state index in [0.717, 1.165) is 12.8 Å². The fourth-order valence-electron chi connectivity index (χ4n) is 1.95. The van der Waals surface area contributed by atoms with Crippen molar-refractivity contribution in [1.29, 1.82) is 0 Å². The number of thiol groups is 1. The molecular formula is C14H21NO4S2. The molecule has 1 aromatic carbocycles. The van der Waals surface area contributed by atoms with E-state index in [1.807, 2.05) is 30.3 Å². The van der Waals surface area contributed by atoms with Crippen molar-refractivity contribution < 1.29 is 17.8 Å². The van der Waals surface area contributed by atoms with Crippen molar-refractivity contribution in [2.75, 3.05) is 18.1 Å². The van der Waals surface area contributed by atoms with E-state index in [1.165, 1.54) is 5.56 Å². The third kappa shape index (κ3) is 8.08. The first-order chi connectivity index (χ1) is 9.92. The molecule has 7 heteroatoms. The summed E-state index contributed by atoms with van der Waals surface area (Å²) in [6, 6.07) is 10.0. The molecule has 1 unspecified atom stereocenters. The van der Waals surface area contributed by atoms with Gasteiger partial charge in [-0.25, -0.2) is 0 Å². The van der Waals surface area contributed by atoms with Gasteiger partial charge >= 0.3 is 0 Å². The highest BCUT2D eigenvalue weighted by molar-refractivity contribution is 7.85. The molecule has 0 saturated carbocycles. The quantitative estimate of drug-likeness (QED) is 0.474. The van der Waals surface area contributed by atoms with E-state index >= 15 is 0 Å². The van der Waals surface area contributed by atoms with Gasteiger partial charge in [-0.3, -0.25) is 9.35 Å². The first-order valence-corrected chi connectivity index (χ1v) is 9.04. The van der Waals surface area contributed by atoms with Crippen LogP contribution in [0.2, 0.25) is 0 Å². The molecule has 0 aromatic heterocycles. The Kier molecular flexibility index (Phi) is 7.77. The molecule has 1 aromatic rings. The molecule has 1 atom stereocenters. The second kappa shape index (κ2) is 9.07. The molecule has 0 aliphatic carbocycles. The summed E-state index contributed by atoms with van der Waals surface area (Å²) in [6.45, 7) is -0.0827. The van der Waals surface area contributed by atoms with E-state index < -0.39 is 15.9 Å². The molecule has 21 heavy (non-hydrogen) atoms. The molecule has 1 rings (SSSR count). The van der Waals surface area contributed by atoms with Crippen LogP contribution in [0.4, 0.5) is 0 Å². The second-order valence-electron chi connectivity index (χ2n) is 4.83. The summed E-state index contributed by atoms with van der Waals surface area (Å²) in [5.41, 5.74) is 1.22. The van der Waals surface area contributed by atoms with Crippen LogP contribution < -0.4 is 5.32 Å². The maximum atomic E-state index is 11.9. The van der Waals surface area contributed by atoms with Gasteiger partial charge in [-0.05, 0) is 24.8 Å². The van der Waals surface area contributed by atoms with Crippen LogP contribution in [0.1, 0.15) is 18.4 Å². The monoisotopic (exact) mass is 331 g/mol. The minimum atomic E-state index is -4.04. The summed E-state index contributed by atoms with van der Waals surface area (Å²) in [5, 5.41) is 2.51. The average molecular weight is 331 g/mol. The van der Waals surface area contributed by atoms with E-state index in [-0.39, 0.29) is 18.4 Å². The van der Waals surface area contributed by atoms with Gasteiger partial charge in [-0.15, -0.1) is 0 Å². The highest BCUT2D eigenvalue weighted by atomic mass is 32.2. The van der Waals surface area contributed by atoms with Gasteiger partial charge in [-0.1, -0.05) is 30.3 Å². The van der Waals surface area contributed by atoms with Gasteiger partial charge in [0, 0.05) is 18.2 Å². The van der Waals surface area contributed by atoms with Crippen LogP contribution in [-0.2, 0) is 21.3 Å². The predicted molar refractivity (Wildman–Crippen MR) is 86.1 cm³/mol. The van der Waals surface area contributed by atoms with Crippen molar-refractivity contribution in [2.45, 2.75) is 19.3 Å². The number of rotatable bonds is 9. The summed E-state index contributed by atoms with van der Waals surface area (Å²) in [4.78, 5) is 11.9. The standard InChI is InChI=1S/C14H21NO4S2/c16-14(15-9-10-21(17,18)19)13(11-20)8-4-7-12-5-2-1-3-6-12/h1-3,5-6,13,20H,4,7-11H2,(H,15,16)(H,17,18,19). The lowest BCUT2D eigenvalue weighted by Crippen LogP contribution is -2.35. The molecule has 2 N–H and O–H groups in total. The molecule has 0 heterocycles. The van der Waals surface area contributed by atoms with Gasteiger partial charge in [0.15, 0.2) is 0 Å². The summed E-state index contributed by atoms with van der Waals surface area (Å²) >= 11 is 4.17. The molecule has 118 valence electrons. The molecular weight excluding hydrogens is 310 g/mol. The predicted octanol–water partition coefficient (Wildman–Crippen LogP) is 1.56. The summed E-state index contributed by atoms with van der Waals surface area (Å²) in [6.07, 6.45) is 2.44. The van der Waals surface area contributed by atoms with Crippen molar-refractivity contribution in [3.8, 4) is 0 Å². The molecule has 0 fully saturated rings. The van der Waals surface area contributed by atoms with Crippen LogP contribution in [0.5, 0.6) is 0 Å². The Balaban J connectivity index is 2.31. The number of aryl methyl sites for hydroxylation is 1. The Morgan fingerprint density at radius 3 is 2.52 bits per heavy atom. The van der Waals surface area contributed by atoms with Crippen LogP contribution in [0.15, 0.2) is 30.3 Å². The lowest BCUT2D eigenvalue weighted by molar-refractivity contribution is -0.124. The fourth-order valence-corrected chi connectivity index (χ4v) is 2.66. The molecule has 0 radical (unpaired) electrons. The molecule has 0 spiro atoms. The smallest absolute Gasteiger partial charge is 0.266 e. The molecule has 5 nitrogen and oxygen atoms in total. The van der Waals surface area contributed by atoms with Crippen LogP contribution >= 0.6 is 12.6 Å². The van der Waals surface area contributed by atoms with E-state index in [0.29, 0.717) is 12.2 Å². The third-order valence-corrected chi connectivity index (χ3v) is 4.27. The van der Waals surface area contributed by atoms with Crippen molar-refractivity contribution in [2.24, 2.45) is 5.92 Å². The molecule has 1 amide bonds. The van der Waals surface area contributed by atoms with Crippen LogP contribution in [-0.4, -0.2) is 36.9 Å². The topological polar surface area (TPSA) is 83.5 Å². The minimum Gasteiger partial charge on any atom is -0.355 e. The average Bonchev–Trinajstić information content (AvgIpc) is 2.43. The van der Waals surface area contributed by atoms with Gasteiger partial charge in [0.25, 0.3) is 10.1 Å². The zero-order chi connectivity index (χ0) is 15.7. The lowest BCUT2D eigenvalue weighted by atomic mass is 10.0. The third-order valence-electron chi connectivity index (χ3n) is 3.11. The first-order valence-electron chi connectivity index (χ1n) is 6.80. The number of carbonyl (C=O) groups excluding carboxylic acids is 1. The normalized spacial score (nSPS) is 12.9. The lowest BCUT2D eigenvalue weighted by Gasteiger charge is -2.14. The Morgan fingerprint density at radius 1 is 1.29 bits per heavy atom. The largest absolute Gasteiger partial charge is 0.355 e. The highest BCUT2D eigenvalue weighted by Gasteiger charge is 2.16. The second-order valence-corrected chi connectivity index (χ2v) is 6.77. The summed E-state index contributed by atoms with van der Waals surface area (Å²) < 4.78 is 29.7. The van der Waals surface area contributed by atoms with Crippen LogP contribution in [0.25, 0.3) is 0 Å². The van der Waals surface area contributed by atoms with Crippen molar-refractivity contribution in [3.05, 3.63) is 35.9 Å². The zero-order valence-electron chi connectivity index (χ0n) is 11.7. The van der Waals surface area contributed by atoms with E-state index in [4.69, 9.17) is 4.55 Å². The van der Waals surface area contributed by atoms with Crippen LogP contribution in [0, 0.1) is 5.92 Å². The van der Waals surface area contributed by atoms with Gasteiger partial charge in [-0.2, -0.15) is 21.0 Å². The Labute approximate surface area is 131 Å². The van der Waals surface area contributed by atoms with Gasteiger partial charge in [0.05, 0.1) is 5.75 Å². The van der Waals surface area contributed by atoms with Gasteiger partial charge in [0.2, 0.25) is 5.91 Å². The van der Waals surface area contributed by atoms with Gasteiger partial charge in [0.1, 0.15) is 0 Å². The minimum absolute atomic E-state index is 0.0827. The summed E-state index contributed by atoms with van der Waals surface area (Å²) in [7, 11) is -4.04. The number of nitrogens with one attached hydrogen (secondary N) is 1. The zero-order valence-corrected chi connectivity index (χ0v) is 13.4. The number of hydrogen-bond acceptors (Lipinski definition) is 4. The van der Waals surface area contributed by atoms with E-state index in [9.17, 15) is 13.2 Å². The first kappa shape index (κ1) is 18.0. The van der Waals surface area contributed by atoms with Crippen molar-refractivity contribution in [1.82, 2.24) is 5.32 Å². The van der Waals surface area contributed by atoms with Crippen molar-refractivity contribution in [3.63, 3.8) is 0 Å². The molecule has 0 bridgehead atoms. The fraction of sp³-hybridized carbons (Fsp3) is 0.500. The maximum Gasteiger partial charge on any atom is 0.266 e. The summed E-state index contributed by atoms with van der Waals surface area (Å²) in [5.74, 6) is -0.533. The molecule has 0 saturated heterocycles. The Bertz CT molecular complexity index is 531. The van der Waals surface area contributed by atoms with E-state index in [2.05, 4.69) is 17.9 Å². The number of carbonyl (C=O) groups is 1. The maximum absolute atomic E-state index is 11.9. The SMILES string of the molecule is O=C(NCCS(=O)(=O)O)C(CS)CCCc1ccccc1. The number of benzene rings is 1. The van der Waals surface area contributed by atoms with Crippen LogP contribution in [0.3, 0.4) is 0 Å². The molecule has 0 aliphatic rings. The Hall–Kier alpha value is -1.05. The number of amides is 1. The highest BCUT2D eigenvalue weighted by Crippen LogP contribution is 2.12. The Morgan fingerprint density at radius 2 is 1.95 bits per heavy atom. The number of hydrogen-bond donors (Lipinski definition) is 3. The van der Waals surface area contributed by atoms with E-state index in [1.54, 1.807) is 0 Å².